The summed E-state index contributed by atoms with van der Waals surface area (Å²) in [5, 5.41) is 3.63. The van der Waals surface area contributed by atoms with Crippen LogP contribution in [-0.2, 0) is 16.0 Å². The fraction of sp³-hybridized carbons (Fsp3) is 0.625. The van der Waals surface area contributed by atoms with Gasteiger partial charge in [-0.1, -0.05) is 0 Å². The maximum Gasteiger partial charge on any atom is 0.219 e. The number of imidazole rings is 1. The molecule has 0 bridgehead atoms. The van der Waals surface area contributed by atoms with Gasteiger partial charge in [-0.15, -0.1) is 0 Å². The fourth-order valence-electron chi connectivity index (χ4n) is 5.44. The summed E-state index contributed by atoms with van der Waals surface area (Å²) in [6.45, 7) is 11.4. The molecule has 6 rings (SSSR count). The van der Waals surface area contributed by atoms with Crippen LogP contribution >= 0.6 is 0 Å². The lowest BCUT2D eigenvalue weighted by molar-refractivity contribution is 0.122. The summed E-state index contributed by atoms with van der Waals surface area (Å²) in [6.07, 6.45) is 4.39. The Morgan fingerprint density at radius 2 is 1.72 bits per heavy atom. The molecule has 0 amide bonds. The highest BCUT2D eigenvalue weighted by molar-refractivity contribution is 5.88. The predicted octanol–water partition coefficient (Wildman–Crippen LogP) is 0.925. The normalized spacial score (nSPS) is 25.1. The topological polar surface area (TPSA) is 132 Å². The average Bonchev–Trinajstić information content (AvgIpc) is 3.52. The molecule has 36 heavy (non-hydrogen) atoms. The van der Waals surface area contributed by atoms with Gasteiger partial charge in [0.15, 0.2) is 22.8 Å². The number of hydrogen-bond acceptors (Lipinski definition) is 11. The monoisotopic (exact) mass is 494 g/mol. The summed E-state index contributed by atoms with van der Waals surface area (Å²) in [5.41, 5.74) is 8.13. The van der Waals surface area contributed by atoms with Gasteiger partial charge < -0.3 is 30.3 Å². The van der Waals surface area contributed by atoms with Gasteiger partial charge in [0, 0.05) is 69.7 Å². The molecule has 192 valence electrons. The second-order valence-electron chi connectivity index (χ2n) is 10.1. The summed E-state index contributed by atoms with van der Waals surface area (Å²) in [4.78, 5) is 28.3. The van der Waals surface area contributed by atoms with Gasteiger partial charge in [-0.05, 0) is 20.3 Å². The first-order valence-electron chi connectivity index (χ1n) is 12.8. The van der Waals surface area contributed by atoms with Crippen LogP contribution in [0.15, 0.2) is 12.4 Å². The largest absolute Gasteiger partial charge is 0.381 e. The van der Waals surface area contributed by atoms with Gasteiger partial charge in [-0.25, -0.2) is 24.9 Å². The van der Waals surface area contributed by atoms with E-state index in [4.69, 9.17) is 30.2 Å². The second-order valence-corrected chi connectivity index (χ2v) is 10.1. The van der Waals surface area contributed by atoms with E-state index in [1.807, 2.05) is 0 Å². The van der Waals surface area contributed by atoms with Gasteiger partial charge in [-0.3, -0.25) is 4.57 Å². The molecule has 0 radical (unpaired) electrons. The molecule has 3 aromatic heterocycles. The highest BCUT2D eigenvalue weighted by Gasteiger charge is 2.30. The Kier molecular flexibility index (Phi) is 6.32. The minimum Gasteiger partial charge on any atom is -0.381 e. The molecule has 3 aromatic rings. The maximum absolute atomic E-state index is 5.74. The number of piperazine rings is 1. The van der Waals surface area contributed by atoms with Crippen LogP contribution in [0.1, 0.15) is 20.3 Å². The summed E-state index contributed by atoms with van der Waals surface area (Å²) in [6, 6.07) is 0.730. The zero-order valence-corrected chi connectivity index (χ0v) is 20.9. The number of hydrogen-bond donors (Lipinski definition) is 2. The number of nitrogen functional groups attached to an aromatic ring is 1. The lowest BCUT2D eigenvalue weighted by Gasteiger charge is -2.37. The number of nitrogens with zero attached hydrogens (tertiary/aromatic N) is 8. The number of anilines is 3. The molecule has 0 saturated carbocycles. The molecule has 12 nitrogen and oxygen atoms in total. The minimum absolute atomic E-state index is 0.226. The number of ether oxygens (including phenoxy) is 2. The quantitative estimate of drug-likeness (QED) is 0.525. The van der Waals surface area contributed by atoms with E-state index in [-0.39, 0.29) is 5.95 Å². The first kappa shape index (κ1) is 23.3. The maximum atomic E-state index is 5.74. The van der Waals surface area contributed by atoms with Crippen LogP contribution in [-0.4, -0.2) is 94.2 Å². The first-order valence-corrected chi connectivity index (χ1v) is 12.8. The number of nitrogens with one attached hydrogen (secondary N) is 1. The third-order valence-electron chi connectivity index (χ3n) is 7.10. The SMILES string of the molecule is C[C@@H]1CN(c2nc3c(N4CCOCC4)nc(-c4cnc(N)nc4)nc3n2CC2CCOC2)C[C@H](C)N1. The Balaban J connectivity index is 1.53. The van der Waals surface area contributed by atoms with E-state index in [1.54, 1.807) is 12.4 Å². The van der Waals surface area contributed by atoms with E-state index < -0.39 is 0 Å². The van der Waals surface area contributed by atoms with Gasteiger partial charge >= 0.3 is 0 Å². The van der Waals surface area contributed by atoms with E-state index in [2.05, 4.69) is 43.5 Å². The Morgan fingerprint density at radius 1 is 0.972 bits per heavy atom. The molecule has 3 saturated heterocycles. The van der Waals surface area contributed by atoms with Gasteiger partial charge in [-0.2, -0.15) is 0 Å². The van der Waals surface area contributed by atoms with Gasteiger partial charge in [0.05, 0.1) is 25.4 Å². The molecule has 12 heteroatoms. The summed E-state index contributed by atoms with van der Waals surface area (Å²) < 4.78 is 13.6. The van der Waals surface area contributed by atoms with Crippen molar-refractivity contribution >= 4 is 28.9 Å². The van der Waals surface area contributed by atoms with Gasteiger partial charge in [0.1, 0.15) is 0 Å². The van der Waals surface area contributed by atoms with E-state index in [0.29, 0.717) is 37.0 Å². The molecule has 1 unspecified atom stereocenters. The molecular formula is C24H34N10O2. The Bertz CT molecular complexity index is 1190. The third kappa shape index (κ3) is 4.56. The molecule has 0 spiro atoms. The number of rotatable bonds is 5. The lowest BCUT2D eigenvalue weighted by atomic mass is 10.1. The van der Waals surface area contributed by atoms with Gasteiger partial charge in [0.2, 0.25) is 11.9 Å². The summed E-state index contributed by atoms with van der Waals surface area (Å²) in [7, 11) is 0. The van der Waals surface area contributed by atoms with Crippen molar-refractivity contribution in [3.8, 4) is 11.4 Å². The zero-order valence-electron chi connectivity index (χ0n) is 20.9. The second kappa shape index (κ2) is 9.75. The van der Waals surface area contributed by atoms with Crippen molar-refractivity contribution in [2.45, 2.75) is 38.9 Å². The molecule has 3 aliphatic heterocycles. The highest BCUT2D eigenvalue weighted by atomic mass is 16.5. The van der Waals surface area contributed by atoms with Crippen LogP contribution in [0.2, 0.25) is 0 Å². The van der Waals surface area contributed by atoms with Crippen LogP contribution < -0.4 is 20.9 Å². The van der Waals surface area contributed by atoms with Crippen molar-refractivity contribution in [1.82, 2.24) is 34.8 Å². The molecule has 3 N–H and O–H groups in total. The fourth-order valence-corrected chi connectivity index (χ4v) is 5.44. The Morgan fingerprint density at radius 3 is 2.42 bits per heavy atom. The zero-order chi connectivity index (χ0) is 24.6. The third-order valence-corrected chi connectivity index (χ3v) is 7.10. The Hall–Kier alpha value is -3.09. The molecule has 3 fully saturated rings. The highest BCUT2D eigenvalue weighted by Crippen LogP contribution is 2.33. The van der Waals surface area contributed by atoms with Crippen LogP contribution in [0, 0.1) is 5.92 Å². The average molecular weight is 495 g/mol. The van der Waals surface area contributed by atoms with Crippen LogP contribution in [0.3, 0.4) is 0 Å². The van der Waals surface area contributed by atoms with Crippen molar-refractivity contribution in [3.05, 3.63) is 12.4 Å². The first-order chi connectivity index (χ1) is 17.5. The van der Waals surface area contributed by atoms with E-state index in [1.165, 1.54) is 0 Å². The van der Waals surface area contributed by atoms with Crippen molar-refractivity contribution in [2.24, 2.45) is 5.92 Å². The van der Waals surface area contributed by atoms with Crippen molar-refractivity contribution in [1.29, 1.82) is 0 Å². The van der Waals surface area contributed by atoms with Crippen molar-refractivity contribution < 1.29 is 9.47 Å². The molecule has 6 heterocycles. The summed E-state index contributed by atoms with van der Waals surface area (Å²) >= 11 is 0. The smallest absolute Gasteiger partial charge is 0.219 e. The number of aromatic nitrogens is 6. The van der Waals surface area contributed by atoms with Crippen LogP contribution in [0.5, 0.6) is 0 Å². The molecule has 0 aromatic carbocycles. The number of morpholine rings is 1. The number of fused-ring (bicyclic) bond motifs is 1. The molecule has 3 aliphatic rings. The van der Waals surface area contributed by atoms with Gasteiger partial charge in [0.25, 0.3) is 0 Å². The molecule has 0 aliphatic carbocycles. The predicted molar refractivity (Wildman–Crippen MR) is 137 cm³/mol. The molecular weight excluding hydrogens is 460 g/mol. The number of nitrogens with two attached hydrogens (primary N) is 1. The van der Waals surface area contributed by atoms with Crippen LogP contribution in [0.25, 0.3) is 22.6 Å². The van der Waals surface area contributed by atoms with Crippen molar-refractivity contribution in [3.63, 3.8) is 0 Å². The Labute approximate surface area is 210 Å². The van der Waals surface area contributed by atoms with E-state index in [9.17, 15) is 0 Å². The van der Waals surface area contributed by atoms with E-state index >= 15 is 0 Å². The standard InChI is InChI=1S/C24H34N10O2/c1-15-11-33(12-16(2)28-15)24-29-19-21(32-4-7-35-8-5-32)30-20(18-9-26-23(25)27-10-18)31-22(19)34(24)13-17-3-6-36-14-17/h9-10,15-17,28H,3-8,11-14H2,1-2H3,(H2,25,26,27)/t15-,16+,17?. The molecule has 3 atom stereocenters. The van der Waals surface area contributed by atoms with Crippen LogP contribution in [0.4, 0.5) is 17.7 Å². The summed E-state index contributed by atoms with van der Waals surface area (Å²) in [5.74, 6) is 3.00. The van der Waals surface area contributed by atoms with Crippen molar-refractivity contribution in [2.75, 3.05) is 68.1 Å². The lowest BCUT2D eigenvalue weighted by Crippen LogP contribution is -2.55. The minimum atomic E-state index is 0.226. The van der Waals surface area contributed by atoms with E-state index in [0.717, 1.165) is 80.9 Å².